The van der Waals surface area contributed by atoms with Gasteiger partial charge in [-0.1, -0.05) is 0 Å². The van der Waals surface area contributed by atoms with Crippen molar-refractivity contribution in [1.29, 1.82) is 0 Å². The number of rotatable bonds is 0. The predicted molar refractivity (Wildman–Crippen MR) is 28.3 cm³/mol. The summed E-state index contributed by atoms with van der Waals surface area (Å²) in [5.41, 5.74) is 5.36. The van der Waals surface area contributed by atoms with Gasteiger partial charge in [0, 0.05) is 6.04 Å². The van der Waals surface area contributed by atoms with Crippen LogP contribution in [0.25, 0.3) is 0 Å². The Kier molecular flexibility index (Phi) is 1.81. The summed E-state index contributed by atoms with van der Waals surface area (Å²) in [4.78, 5) is 0. The molecule has 2 nitrogen and oxygen atoms in total. The van der Waals surface area contributed by atoms with E-state index >= 15 is 0 Å². The van der Waals surface area contributed by atoms with Gasteiger partial charge < -0.3 is 10.5 Å². The molecule has 1 heterocycles. The first kappa shape index (κ1) is 5.98. The van der Waals surface area contributed by atoms with Gasteiger partial charge in [0.05, 0.1) is 13.2 Å². The van der Waals surface area contributed by atoms with Crippen LogP contribution in [0.2, 0.25) is 0 Å². The summed E-state index contributed by atoms with van der Waals surface area (Å²) in [7, 11) is 0. The molecule has 1 aliphatic heterocycles. The lowest BCUT2D eigenvalue weighted by atomic mass is 10.1. The summed E-state index contributed by atoms with van der Waals surface area (Å²) in [6.45, 7) is 0.744. The van der Waals surface area contributed by atoms with Crippen LogP contribution in [0.4, 0.5) is 4.39 Å². The van der Waals surface area contributed by atoms with Crippen molar-refractivity contribution >= 4 is 0 Å². The van der Waals surface area contributed by atoms with Gasteiger partial charge >= 0.3 is 0 Å². The monoisotopic (exact) mass is 119 g/mol. The van der Waals surface area contributed by atoms with Crippen molar-refractivity contribution in [3.8, 4) is 0 Å². The Labute approximate surface area is 47.8 Å². The third-order valence-corrected chi connectivity index (χ3v) is 1.19. The van der Waals surface area contributed by atoms with E-state index in [4.69, 9.17) is 10.5 Å². The van der Waals surface area contributed by atoms with Gasteiger partial charge in [-0.2, -0.15) is 0 Å². The van der Waals surface area contributed by atoms with Gasteiger partial charge in [0.2, 0.25) is 0 Å². The van der Waals surface area contributed by atoms with Crippen LogP contribution in [0.15, 0.2) is 0 Å². The van der Waals surface area contributed by atoms with Gasteiger partial charge in [-0.15, -0.1) is 0 Å². The second-order valence-corrected chi connectivity index (χ2v) is 2.13. The van der Waals surface area contributed by atoms with Crippen molar-refractivity contribution in [2.45, 2.75) is 18.6 Å². The smallest absolute Gasteiger partial charge is 0.125 e. The molecule has 48 valence electrons. The maximum Gasteiger partial charge on any atom is 0.125 e. The molecule has 0 aromatic rings. The minimum absolute atomic E-state index is 0.0845. The minimum Gasteiger partial charge on any atom is -0.377 e. The van der Waals surface area contributed by atoms with Crippen molar-refractivity contribution in [2.24, 2.45) is 5.73 Å². The molecule has 0 amide bonds. The summed E-state index contributed by atoms with van der Waals surface area (Å²) < 4.78 is 17.0. The highest BCUT2D eigenvalue weighted by Crippen LogP contribution is 2.07. The van der Waals surface area contributed by atoms with Crippen LogP contribution in [0.5, 0.6) is 0 Å². The van der Waals surface area contributed by atoms with Gasteiger partial charge in [0.25, 0.3) is 0 Å². The van der Waals surface area contributed by atoms with Crippen molar-refractivity contribution < 1.29 is 9.13 Å². The van der Waals surface area contributed by atoms with Gasteiger partial charge in [-0.05, 0) is 6.42 Å². The molecule has 0 saturated carbocycles. The molecule has 1 rings (SSSR count). The molecule has 2 atom stereocenters. The van der Waals surface area contributed by atoms with Gasteiger partial charge in [-0.25, -0.2) is 4.39 Å². The highest BCUT2D eigenvalue weighted by atomic mass is 19.1. The summed E-state index contributed by atoms with van der Waals surface area (Å²) in [6, 6.07) is -0.0845. The zero-order chi connectivity index (χ0) is 5.98. The van der Waals surface area contributed by atoms with Crippen molar-refractivity contribution in [1.82, 2.24) is 0 Å². The normalized spacial score (nSPS) is 39.8. The second kappa shape index (κ2) is 2.42. The Balaban J connectivity index is 2.23. The maximum absolute atomic E-state index is 12.2. The van der Waals surface area contributed by atoms with Gasteiger partial charge in [0.1, 0.15) is 6.17 Å². The minimum atomic E-state index is -0.834. The molecule has 8 heavy (non-hydrogen) atoms. The summed E-state index contributed by atoms with van der Waals surface area (Å²) in [5.74, 6) is 0. The van der Waals surface area contributed by atoms with Crippen LogP contribution in [0.3, 0.4) is 0 Å². The molecule has 1 saturated heterocycles. The predicted octanol–water partition coefficient (Wildman–Crippen LogP) is 0.0721. The molecule has 1 fully saturated rings. The number of alkyl halides is 1. The second-order valence-electron chi connectivity index (χ2n) is 2.13. The average molecular weight is 119 g/mol. The number of hydrogen-bond acceptors (Lipinski definition) is 2. The fourth-order valence-corrected chi connectivity index (χ4v) is 0.812. The molecular weight excluding hydrogens is 109 g/mol. The lowest BCUT2D eigenvalue weighted by Gasteiger charge is -2.20. The van der Waals surface area contributed by atoms with E-state index < -0.39 is 6.17 Å². The van der Waals surface area contributed by atoms with Crippen molar-refractivity contribution in [3.63, 3.8) is 0 Å². The molecule has 0 aliphatic carbocycles. The number of hydrogen-bond donors (Lipinski definition) is 1. The molecule has 0 aromatic carbocycles. The number of halogens is 1. The maximum atomic E-state index is 12.2. The third-order valence-electron chi connectivity index (χ3n) is 1.19. The van der Waals surface area contributed by atoms with Crippen LogP contribution in [0, 0.1) is 0 Å². The Morgan fingerprint density at radius 2 is 2.25 bits per heavy atom. The Morgan fingerprint density at radius 3 is 2.62 bits per heavy atom. The molecule has 1 aliphatic rings. The van der Waals surface area contributed by atoms with Crippen LogP contribution < -0.4 is 5.73 Å². The van der Waals surface area contributed by atoms with Crippen LogP contribution in [-0.4, -0.2) is 25.4 Å². The fourth-order valence-electron chi connectivity index (χ4n) is 0.812. The molecule has 0 spiro atoms. The molecule has 2 unspecified atom stereocenters. The van der Waals surface area contributed by atoms with Crippen molar-refractivity contribution in [2.75, 3.05) is 13.2 Å². The highest BCUT2D eigenvalue weighted by molar-refractivity contribution is 4.71. The van der Waals surface area contributed by atoms with Crippen molar-refractivity contribution in [3.05, 3.63) is 0 Å². The lowest BCUT2D eigenvalue weighted by molar-refractivity contribution is 0.0243. The average Bonchev–Trinajstić information content (AvgIpc) is 1.64. The first-order valence-corrected chi connectivity index (χ1v) is 2.76. The molecule has 0 bridgehead atoms. The number of nitrogens with two attached hydrogens (primary N) is 1. The highest BCUT2D eigenvalue weighted by Gasteiger charge is 2.17. The molecule has 0 aromatic heterocycles. The van der Waals surface area contributed by atoms with E-state index in [1.807, 2.05) is 0 Å². The molecule has 2 N–H and O–H groups in total. The standard InChI is InChI=1S/C5H10FNO/c6-4-1-5(7)3-8-2-4/h4-5H,1-3,7H2. The zero-order valence-corrected chi connectivity index (χ0v) is 4.64. The van der Waals surface area contributed by atoms with E-state index in [-0.39, 0.29) is 12.6 Å². The van der Waals surface area contributed by atoms with Crippen LogP contribution in [0.1, 0.15) is 6.42 Å². The van der Waals surface area contributed by atoms with E-state index in [1.54, 1.807) is 0 Å². The zero-order valence-electron chi connectivity index (χ0n) is 4.64. The largest absolute Gasteiger partial charge is 0.377 e. The first-order valence-electron chi connectivity index (χ1n) is 2.76. The van der Waals surface area contributed by atoms with E-state index in [0.29, 0.717) is 13.0 Å². The SMILES string of the molecule is NC1COCC(F)C1. The topological polar surface area (TPSA) is 35.2 Å². The Bertz CT molecular complexity index is 70.8. The molecule has 0 radical (unpaired) electrons. The summed E-state index contributed by atoms with van der Waals surface area (Å²) >= 11 is 0. The summed E-state index contributed by atoms with van der Waals surface area (Å²) in [6.07, 6.45) is -0.376. The quantitative estimate of drug-likeness (QED) is 0.490. The molecular formula is C5H10FNO. The first-order chi connectivity index (χ1) is 3.79. The van der Waals surface area contributed by atoms with E-state index in [0.717, 1.165) is 0 Å². The summed E-state index contributed by atoms with van der Waals surface area (Å²) in [5, 5.41) is 0. The lowest BCUT2D eigenvalue weighted by Crippen LogP contribution is -2.36. The number of ether oxygens (including phenoxy) is 1. The van der Waals surface area contributed by atoms with Crippen LogP contribution in [-0.2, 0) is 4.74 Å². The Morgan fingerprint density at radius 1 is 1.50 bits per heavy atom. The van der Waals surface area contributed by atoms with Gasteiger partial charge in [-0.3, -0.25) is 0 Å². The third kappa shape index (κ3) is 1.42. The molecule has 3 heteroatoms. The van der Waals surface area contributed by atoms with Gasteiger partial charge in [0.15, 0.2) is 0 Å². The van der Waals surface area contributed by atoms with E-state index in [2.05, 4.69) is 0 Å². The van der Waals surface area contributed by atoms with E-state index in [1.165, 1.54) is 0 Å². The van der Waals surface area contributed by atoms with E-state index in [9.17, 15) is 4.39 Å². The fraction of sp³-hybridized carbons (Fsp3) is 1.00. The van der Waals surface area contributed by atoms with Crippen LogP contribution >= 0.6 is 0 Å². The Hall–Kier alpha value is -0.150.